The average Bonchev–Trinajstić information content (AvgIpc) is 3.12. The third-order valence-electron chi connectivity index (χ3n) is 5.04. The van der Waals surface area contributed by atoms with Crippen LogP contribution in [0.4, 0.5) is 0 Å². The average molecular weight is 362 g/mol. The van der Waals surface area contributed by atoms with Crippen molar-refractivity contribution in [1.29, 1.82) is 0 Å². The number of phenols is 1. The van der Waals surface area contributed by atoms with Gasteiger partial charge in [-0.2, -0.15) is 0 Å². The fourth-order valence-electron chi connectivity index (χ4n) is 3.55. The highest BCUT2D eigenvalue weighted by atomic mass is 16.3. The summed E-state index contributed by atoms with van der Waals surface area (Å²) >= 11 is 0. The number of aromatic hydroxyl groups is 1. The van der Waals surface area contributed by atoms with Gasteiger partial charge in [-0.1, -0.05) is 0 Å². The van der Waals surface area contributed by atoms with Gasteiger partial charge in [-0.05, 0) is 73.6 Å². The van der Waals surface area contributed by atoms with Crippen LogP contribution >= 0.6 is 0 Å². The lowest BCUT2D eigenvalue weighted by atomic mass is 9.90. The van der Waals surface area contributed by atoms with E-state index in [1.165, 1.54) is 5.56 Å². The number of nitrogens with zero attached hydrogens (tertiary/aromatic N) is 3. The minimum Gasteiger partial charge on any atom is -0.507 e. The molecule has 4 rings (SSSR count). The number of carbonyl (C=O) groups excluding carboxylic acids is 1. The van der Waals surface area contributed by atoms with Gasteiger partial charge in [-0.25, -0.2) is 9.97 Å². The van der Waals surface area contributed by atoms with Crippen LogP contribution in [-0.4, -0.2) is 25.5 Å². The lowest BCUT2D eigenvalue weighted by Gasteiger charge is -2.17. The summed E-state index contributed by atoms with van der Waals surface area (Å²) < 4.78 is 1.89. The molecule has 1 aliphatic rings. The van der Waals surface area contributed by atoms with Crippen molar-refractivity contribution < 1.29 is 9.90 Å². The number of hydrogen-bond acceptors (Lipinski definition) is 4. The molecule has 1 aromatic carbocycles. The van der Waals surface area contributed by atoms with Gasteiger partial charge in [0.05, 0.1) is 5.56 Å². The van der Waals surface area contributed by atoms with E-state index in [9.17, 15) is 9.90 Å². The summed E-state index contributed by atoms with van der Waals surface area (Å²) in [4.78, 5) is 21.2. The highest BCUT2D eigenvalue weighted by molar-refractivity contribution is 5.97. The normalized spacial score (nSPS) is 13.2. The van der Waals surface area contributed by atoms with Crippen LogP contribution in [0, 0.1) is 6.92 Å². The van der Waals surface area contributed by atoms with Gasteiger partial charge in [-0.15, -0.1) is 0 Å². The molecule has 0 aliphatic heterocycles. The lowest BCUT2D eigenvalue weighted by Crippen LogP contribution is -2.23. The van der Waals surface area contributed by atoms with Gasteiger partial charge in [0.1, 0.15) is 17.4 Å². The lowest BCUT2D eigenvalue weighted by molar-refractivity contribution is 0.0948. The quantitative estimate of drug-likeness (QED) is 0.747. The minimum absolute atomic E-state index is 0.0533. The fraction of sp³-hybridized carbons (Fsp3) is 0.286. The predicted octanol–water partition coefficient (Wildman–Crippen LogP) is 3.09. The minimum atomic E-state index is -0.266. The molecule has 0 saturated heterocycles. The van der Waals surface area contributed by atoms with E-state index in [2.05, 4.69) is 15.3 Å². The molecule has 2 heterocycles. The Labute approximate surface area is 157 Å². The van der Waals surface area contributed by atoms with Gasteiger partial charge in [-0.3, -0.25) is 9.36 Å². The second-order valence-electron chi connectivity index (χ2n) is 6.89. The number of fused-ring (bicyclic) bond motifs is 1. The van der Waals surface area contributed by atoms with E-state index < -0.39 is 0 Å². The summed E-state index contributed by atoms with van der Waals surface area (Å²) in [6.45, 7) is 2.27. The van der Waals surface area contributed by atoms with Crippen LogP contribution in [0.3, 0.4) is 0 Å². The van der Waals surface area contributed by atoms with Crippen molar-refractivity contribution in [1.82, 2.24) is 19.9 Å². The topological polar surface area (TPSA) is 80.0 Å². The van der Waals surface area contributed by atoms with E-state index in [0.29, 0.717) is 12.1 Å². The molecule has 0 bridgehead atoms. The van der Waals surface area contributed by atoms with Crippen LogP contribution in [0.5, 0.6) is 5.75 Å². The number of benzene rings is 1. The Balaban J connectivity index is 1.49. The number of nitrogens with one attached hydrogen (secondary N) is 1. The van der Waals surface area contributed by atoms with E-state index in [4.69, 9.17) is 0 Å². The molecule has 6 heteroatoms. The monoisotopic (exact) mass is 362 g/mol. The Morgan fingerprint density at radius 1 is 1.15 bits per heavy atom. The molecule has 0 saturated carbocycles. The van der Waals surface area contributed by atoms with E-state index in [0.717, 1.165) is 48.5 Å². The van der Waals surface area contributed by atoms with Gasteiger partial charge in [0, 0.05) is 25.1 Å². The second kappa shape index (κ2) is 7.23. The molecule has 2 N–H and O–H groups in total. The Bertz CT molecular complexity index is 994. The SMILES string of the molecule is Cc1nccn1-c1cc(CNC(=O)c2cc3c(cc2O)CCCC3)ccn1. The Morgan fingerprint density at radius 2 is 1.93 bits per heavy atom. The first-order valence-electron chi connectivity index (χ1n) is 9.20. The van der Waals surface area contributed by atoms with E-state index in [1.807, 2.05) is 35.9 Å². The van der Waals surface area contributed by atoms with Crippen LogP contribution in [0.15, 0.2) is 42.9 Å². The van der Waals surface area contributed by atoms with Crippen molar-refractivity contribution in [3.63, 3.8) is 0 Å². The number of aryl methyl sites for hydroxylation is 3. The first-order valence-corrected chi connectivity index (χ1v) is 9.20. The number of hydrogen-bond donors (Lipinski definition) is 2. The number of rotatable bonds is 4. The first kappa shape index (κ1) is 17.3. The predicted molar refractivity (Wildman–Crippen MR) is 102 cm³/mol. The smallest absolute Gasteiger partial charge is 0.255 e. The zero-order valence-corrected chi connectivity index (χ0v) is 15.3. The largest absolute Gasteiger partial charge is 0.507 e. The molecule has 0 unspecified atom stereocenters. The van der Waals surface area contributed by atoms with Gasteiger partial charge < -0.3 is 10.4 Å². The van der Waals surface area contributed by atoms with E-state index in [-0.39, 0.29) is 11.7 Å². The van der Waals surface area contributed by atoms with Crippen molar-refractivity contribution in [2.75, 3.05) is 0 Å². The summed E-state index contributed by atoms with van der Waals surface area (Å²) in [6, 6.07) is 7.37. The molecule has 0 fully saturated rings. The third-order valence-corrected chi connectivity index (χ3v) is 5.04. The first-order chi connectivity index (χ1) is 13.1. The van der Waals surface area contributed by atoms with Crippen LogP contribution < -0.4 is 5.32 Å². The van der Waals surface area contributed by atoms with Crippen LogP contribution in [-0.2, 0) is 19.4 Å². The van der Waals surface area contributed by atoms with Gasteiger partial charge >= 0.3 is 0 Å². The van der Waals surface area contributed by atoms with Crippen LogP contribution in [0.25, 0.3) is 5.82 Å². The maximum Gasteiger partial charge on any atom is 0.255 e. The van der Waals surface area contributed by atoms with Gasteiger partial charge in [0.2, 0.25) is 0 Å². The molecule has 6 nitrogen and oxygen atoms in total. The van der Waals surface area contributed by atoms with Crippen LogP contribution in [0.2, 0.25) is 0 Å². The maximum atomic E-state index is 12.6. The number of pyridine rings is 1. The second-order valence-corrected chi connectivity index (χ2v) is 6.89. The molecule has 2 aromatic heterocycles. The molecule has 0 atom stereocenters. The van der Waals surface area contributed by atoms with Crippen molar-refractivity contribution in [2.45, 2.75) is 39.2 Å². The van der Waals surface area contributed by atoms with Crippen molar-refractivity contribution in [2.24, 2.45) is 0 Å². The van der Waals surface area contributed by atoms with Crippen LogP contribution in [0.1, 0.15) is 45.7 Å². The molecule has 27 heavy (non-hydrogen) atoms. The summed E-state index contributed by atoms with van der Waals surface area (Å²) in [5.41, 5.74) is 3.60. The third kappa shape index (κ3) is 3.56. The highest BCUT2D eigenvalue weighted by Crippen LogP contribution is 2.28. The zero-order chi connectivity index (χ0) is 18.8. The Morgan fingerprint density at radius 3 is 2.67 bits per heavy atom. The maximum absolute atomic E-state index is 12.6. The molecular formula is C21H22N4O2. The van der Waals surface area contributed by atoms with Crippen molar-refractivity contribution in [3.8, 4) is 11.6 Å². The summed E-state index contributed by atoms with van der Waals surface area (Å²) in [5, 5.41) is 13.2. The molecule has 1 aliphatic carbocycles. The van der Waals surface area contributed by atoms with Gasteiger partial charge in [0.25, 0.3) is 5.91 Å². The van der Waals surface area contributed by atoms with Gasteiger partial charge in [0.15, 0.2) is 0 Å². The number of amides is 1. The molecule has 0 spiro atoms. The van der Waals surface area contributed by atoms with Crippen molar-refractivity contribution >= 4 is 5.91 Å². The van der Waals surface area contributed by atoms with Crippen molar-refractivity contribution in [3.05, 3.63) is 70.9 Å². The van der Waals surface area contributed by atoms with E-state index >= 15 is 0 Å². The number of imidazole rings is 1. The fourth-order valence-corrected chi connectivity index (χ4v) is 3.55. The summed E-state index contributed by atoms with van der Waals surface area (Å²) in [5.74, 6) is 1.40. The number of carbonyl (C=O) groups is 1. The Hall–Kier alpha value is -3.15. The highest BCUT2D eigenvalue weighted by Gasteiger charge is 2.17. The molecule has 0 radical (unpaired) electrons. The summed E-state index contributed by atoms with van der Waals surface area (Å²) in [7, 11) is 0. The zero-order valence-electron chi connectivity index (χ0n) is 15.3. The molecule has 3 aromatic rings. The number of aromatic nitrogens is 3. The summed E-state index contributed by atoms with van der Waals surface area (Å²) in [6.07, 6.45) is 9.50. The standard InChI is InChI=1S/C21H22N4O2/c1-14-22-8-9-25(14)20-10-15(6-7-23-20)13-24-21(27)18-11-16-4-2-3-5-17(16)12-19(18)26/h6-12,26H,2-5,13H2,1H3,(H,24,27). The Kier molecular flexibility index (Phi) is 4.62. The molecule has 1 amide bonds. The molecular weight excluding hydrogens is 340 g/mol. The molecule has 138 valence electrons. The number of phenolic OH excluding ortho intramolecular Hbond substituents is 1. The van der Waals surface area contributed by atoms with E-state index in [1.54, 1.807) is 18.5 Å².